The molecule has 1 heterocycles. The molecule has 1 aliphatic carbocycles. The summed E-state index contributed by atoms with van der Waals surface area (Å²) < 4.78 is 7.38. The van der Waals surface area contributed by atoms with Crippen LogP contribution in [-0.2, 0) is 20.1 Å². The minimum Gasteiger partial charge on any atom is -0.487 e. The number of nitrogens with two attached hydrogens (primary N) is 1. The van der Waals surface area contributed by atoms with Crippen molar-refractivity contribution in [2.24, 2.45) is 12.8 Å². The third-order valence-electron chi connectivity index (χ3n) is 3.28. The van der Waals surface area contributed by atoms with E-state index < -0.39 is 0 Å². The molecular weight excluding hydrogens is 228 g/mol. The van der Waals surface area contributed by atoms with Gasteiger partial charge in [-0.3, -0.25) is 4.68 Å². The first-order chi connectivity index (χ1) is 8.72. The van der Waals surface area contributed by atoms with Crippen molar-refractivity contribution < 1.29 is 4.74 Å². The van der Waals surface area contributed by atoms with Gasteiger partial charge in [0, 0.05) is 13.1 Å². The number of aromatic nitrogens is 3. The highest BCUT2D eigenvalue weighted by Gasteiger charge is 2.19. The highest BCUT2D eigenvalue weighted by Crippen LogP contribution is 2.31. The van der Waals surface area contributed by atoms with E-state index in [-0.39, 0.29) is 6.04 Å². The van der Waals surface area contributed by atoms with Crippen LogP contribution in [0.15, 0.2) is 24.4 Å². The zero-order valence-corrected chi connectivity index (χ0v) is 10.3. The summed E-state index contributed by atoms with van der Waals surface area (Å²) >= 11 is 0. The summed E-state index contributed by atoms with van der Waals surface area (Å²) in [6.07, 6.45) is 3.92. The summed E-state index contributed by atoms with van der Waals surface area (Å²) in [7, 11) is 1.84. The smallest absolute Gasteiger partial charge is 0.134 e. The first-order valence-electron chi connectivity index (χ1n) is 6.09. The Bertz CT molecular complexity index is 564. The number of ether oxygens (including phenoxy) is 1. The van der Waals surface area contributed by atoms with Gasteiger partial charge in [-0.2, -0.15) is 0 Å². The average molecular weight is 244 g/mol. The lowest BCUT2D eigenvalue weighted by Crippen LogP contribution is -2.05. The van der Waals surface area contributed by atoms with E-state index >= 15 is 0 Å². The van der Waals surface area contributed by atoms with Crippen molar-refractivity contribution in [2.45, 2.75) is 25.5 Å². The van der Waals surface area contributed by atoms with E-state index in [4.69, 9.17) is 10.5 Å². The lowest BCUT2D eigenvalue weighted by Gasteiger charge is -2.08. The van der Waals surface area contributed by atoms with E-state index in [1.54, 1.807) is 4.68 Å². The summed E-state index contributed by atoms with van der Waals surface area (Å²) in [6.45, 7) is 0.443. The SMILES string of the molecule is Cn1cc(COc2ccc3c(c2)CC[C@@H]3N)nn1. The number of fused-ring (bicyclic) bond motifs is 1. The minimum atomic E-state index is 0.189. The Morgan fingerprint density at radius 1 is 1.50 bits per heavy atom. The highest BCUT2D eigenvalue weighted by molar-refractivity contribution is 5.40. The van der Waals surface area contributed by atoms with Crippen molar-refractivity contribution in [3.8, 4) is 5.75 Å². The quantitative estimate of drug-likeness (QED) is 0.884. The van der Waals surface area contributed by atoms with Gasteiger partial charge in [-0.25, -0.2) is 0 Å². The highest BCUT2D eigenvalue weighted by atomic mass is 16.5. The molecule has 2 N–H and O–H groups in total. The van der Waals surface area contributed by atoms with Crippen LogP contribution in [0, 0.1) is 0 Å². The van der Waals surface area contributed by atoms with Gasteiger partial charge in [0.1, 0.15) is 18.1 Å². The van der Waals surface area contributed by atoms with Crippen LogP contribution in [0.4, 0.5) is 0 Å². The van der Waals surface area contributed by atoms with E-state index in [9.17, 15) is 0 Å². The Kier molecular flexibility index (Phi) is 2.76. The fourth-order valence-electron chi connectivity index (χ4n) is 2.34. The molecule has 0 amide bonds. The second-order valence-electron chi connectivity index (χ2n) is 4.68. The molecule has 1 aromatic carbocycles. The number of hydrogen-bond acceptors (Lipinski definition) is 4. The van der Waals surface area contributed by atoms with Gasteiger partial charge in [0.2, 0.25) is 0 Å². The molecule has 18 heavy (non-hydrogen) atoms. The molecular formula is C13H16N4O. The van der Waals surface area contributed by atoms with E-state index in [1.807, 2.05) is 19.3 Å². The summed E-state index contributed by atoms with van der Waals surface area (Å²) in [4.78, 5) is 0. The Hall–Kier alpha value is -1.88. The minimum absolute atomic E-state index is 0.189. The number of nitrogens with zero attached hydrogens (tertiary/aromatic N) is 3. The van der Waals surface area contributed by atoms with Crippen LogP contribution in [0.25, 0.3) is 0 Å². The molecule has 0 saturated carbocycles. The molecule has 2 aromatic rings. The molecule has 0 fully saturated rings. The third-order valence-corrected chi connectivity index (χ3v) is 3.28. The number of aryl methyl sites for hydroxylation is 2. The van der Waals surface area contributed by atoms with Crippen LogP contribution >= 0.6 is 0 Å². The van der Waals surface area contributed by atoms with Crippen molar-refractivity contribution in [2.75, 3.05) is 0 Å². The molecule has 1 aromatic heterocycles. The predicted octanol–water partition coefficient (Wildman–Crippen LogP) is 1.34. The molecule has 0 saturated heterocycles. The lowest BCUT2D eigenvalue weighted by atomic mass is 10.1. The Balaban J connectivity index is 1.70. The van der Waals surface area contributed by atoms with E-state index in [0.29, 0.717) is 6.61 Å². The number of hydrogen-bond donors (Lipinski definition) is 1. The number of benzene rings is 1. The molecule has 0 bridgehead atoms. The summed E-state index contributed by atoms with van der Waals surface area (Å²) in [5.74, 6) is 0.869. The zero-order chi connectivity index (χ0) is 12.5. The Morgan fingerprint density at radius 3 is 3.17 bits per heavy atom. The van der Waals surface area contributed by atoms with Gasteiger partial charge in [0.15, 0.2) is 0 Å². The van der Waals surface area contributed by atoms with Crippen molar-refractivity contribution in [1.29, 1.82) is 0 Å². The summed E-state index contributed by atoms with van der Waals surface area (Å²) in [6, 6.07) is 6.31. The van der Waals surface area contributed by atoms with Crippen molar-refractivity contribution in [3.05, 3.63) is 41.2 Å². The zero-order valence-electron chi connectivity index (χ0n) is 10.3. The fraction of sp³-hybridized carbons (Fsp3) is 0.385. The standard InChI is InChI=1S/C13H16N4O/c1-17-7-10(15-16-17)8-18-11-3-4-12-9(6-11)2-5-13(12)14/h3-4,6-7,13H,2,5,8,14H2,1H3/t13-/m0/s1. The maximum atomic E-state index is 6.00. The van der Waals surface area contributed by atoms with Crippen LogP contribution in [0.2, 0.25) is 0 Å². The summed E-state index contributed by atoms with van der Waals surface area (Å²) in [5.41, 5.74) is 9.39. The van der Waals surface area contributed by atoms with Gasteiger partial charge in [0.25, 0.3) is 0 Å². The van der Waals surface area contributed by atoms with Gasteiger partial charge in [0.05, 0.1) is 6.20 Å². The molecule has 0 unspecified atom stereocenters. The lowest BCUT2D eigenvalue weighted by molar-refractivity contribution is 0.301. The monoisotopic (exact) mass is 244 g/mol. The molecule has 1 atom stereocenters. The van der Waals surface area contributed by atoms with Crippen molar-refractivity contribution >= 4 is 0 Å². The van der Waals surface area contributed by atoms with Gasteiger partial charge in [-0.15, -0.1) is 5.10 Å². The number of rotatable bonds is 3. The first-order valence-corrected chi connectivity index (χ1v) is 6.09. The molecule has 3 rings (SSSR count). The Morgan fingerprint density at radius 2 is 2.39 bits per heavy atom. The van der Waals surface area contributed by atoms with E-state index in [0.717, 1.165) is 24.3 Å². The van der Waals surface area contributed by atoms with E-state index in [1.165, 1.54) is 11.1 Å². The normalized spacial score (nSPS) is 17.8. The van der Waals surface area contributed by atoms with Crippen LogP contribution < -0.4 is 10.5 Å². The summed E-state index contributed by atoms with van der Waals surface area (Å²) in [5, 5.41) is 7.85. The van der Waals surface area contributed by atoms with Crippen LogP contribution in [0.5, 0.6) is 5.75 Å². The maximum absolute atomic E-state index is 6.00. The largest absolute Gasteiger partial charge is 0.487 e. The molecule has 0 aliphatic heterocycles. The molecule has 1 aliphatic rings. The second kappa shape index (κ2) is 4.42. The fourth-order valence-corrected chi connectivity index (χ4v) is 2.34. The first kappa shape index (κ1) is 11.2. The second-order valence-corrected chi connectivity index (χ2v) is 4.68. The predicted molar refractivity (Wildman–Crippen MR) is 67.0 cm³/mol. The molecule has 0 spiro atoms. The molecule has 0 radical (unpaired) electrons. The van der Waals surface area contributed by atoms with Gasteiger partial charge >= 0.3 is 0 Å². The van der Waals surface area contributed by atoms with Crippen LogP contribution in [-0.4, -0.2) is 15.0 Å². The molecule has 5 nitrogen and oxygen atoms in total. The van der Waals surface area contributed by atoms with Crippen LogP contribution in [0.1, 0.15) is 29.3 Å². The topological polar surface area (TPSA) is 66.0 Å². The van der Waals surface area contributed by atoms with Gasteiger partial charge in [-0.05, 0) is 36.1 Å². The third kappa shape index (κ3) is 2.09. The van der Waals surface area contributed by atoms with Gasteiger partial charge < -0.3 is 10.5 Å². The van der Waals surface area contributed by atoms with Gasteiger partial charge in [-0.1, -0.05) is 11.3 Å². The average Bonchev–Trinajstić information content (AvgIpc) is 2.94. The van der Waals surface area contributed by atoms with Crippen molar-refractivity contribution in [3.63, 3.8) is 0 Å². The van der Waals surface area contributed by atoms with Crippen LogP contribution in [0.3, 0.4) is 0 Å². The Labute approximate surface area is 106 Å². The van der Waals surface area contributed by atoms with E-state index in [2.05, 4.69) is 22.4 Å². The van der Waals surface area contributed by atoms with Crippen molar-refractivity contribution in [1.82, 2.24) is 15.0 Å². The maximum Gasteiger partial charge on any atom is 0.134 e. The molecule has 94 valence electrons. The molecule has 5 heteroatoms.